The molecule has 0 amide bonds. The molecule has 1 unspecified atom stereocenters. The summed E-state index contributed by atoms with van der Waals surface area (Å²) in [6, 6.07) is 0.700. The summed E-state index contributed by atoms with van der Waals surface area (Å²) >= 11 is 0. The number of rotatable bonds is 24. The van der Waals surface area contributed by atoms with Crippen LogP contribution in [0.4, 0.5) is 0 Å². The van der Waals surface area contributed by atoms with E-state index in [0.29, 0.717) is 29.2 Å². The predicted octanol–water partition coefficient (Wildman–Crippen LogP) is 7.34. The fourth-order valence-electron chi connectivity index (χ4n) is 5.89. The smallest absolute Gasteiger partial charge is 0.479 e. The zero-order valence-corrected chi connectivity index (χ0v) is 27.9. The molecule has 0 radical (unpaired) electrons. The summed E-state index contributed by atoms with van der Waals surface area (Å²) in [5.41, 5.74) is 1.02. The Morgan fingerprint density at radius 2 is 1.16 bits per heavy atom. The summed E-state index contributed by atoms with van der Waals surface area (Å²) in [5, 5.41) is 10.2. The highest BCUT2D eigenvalue weighted by molar-refractivity contribution is 6.77. The molecule has 0 aromatic rings. The summed E-state index contributed by atoms with van der Waals surface area (Å²) in [6.45, 7) is 17.5. The van der Waals surface area contributed by atoms with Crippen molar-refractivity contribution in [2.75, 3.05) is 41.0 Å². The van der Waals surface area contributed by atoms with Crippen LogP contribution in [0.1, 0.15) is 106 Å². The van der Waals surface area contributed by atoms with Crippen LogP contribution in [0.5, 0.6) is 0 Å². The average molecular weight is 564 g/mol. The van der Waals surface area contributed by atoms with Crippen LogP contribution in [0.2, 0.25) is 22.7 Å². The van der Waals surface area contributed by atoms with Gasteiger partial charge in [-0.2, -0.15) is 0 Å². The zero-order chi connectivity index (χ0) is 28.5. The minimum absolute atomic E-state index is 0.340. The molecule has 0 spiro atoms. The maximum absolute atomic E-state index is 12.5. The maximum Gasteiger partial charge on any atom is 0.500 e. The van der Waals surface area contributed by atoms with Crippen molar-refractivity contribution < 1.29 is 27.6 Å². The van der Waals surface area contributed by atoms with Gasteiger partial charge in [-0.25, -0.2) is 4.79 Å². The quantitative estimate of drug-likeness (QED) is 0.0972. The van der Waals surface area contributed by atoms with E-state index >= 15 is 0 Å². The highest BCUT2D eigenvalue weighted by Crippen LogP contribution is 2.43. The van der Waals surface area contributed by atoms with Gasteiger partial charge in [-0.15, -0.1) is 0 Å². The zero-order valence-electron chi connectivity index (χ0n) is 25.9. The number of unbranched alkanes of at least 4 members (excludes halogenated alkanes) is 7. The molecule has 0 fully saturated rings. The maximum atomic E-state index is 12.5. The summed E-state index contributed by atoms with van der Waals surface area (Å²) in [6.07, 6.45) is 10.0. The largest absolute Gasteiger partial charge is 0.500 e. The average Bonchev–Trinajstić information content (AvgIpc) is 2.84. The first-order valence-electron chi connectivity index (χ1n) is 14.7. The van der Waals surface area contributed by atoms with E-state index < -0.39 is 29.2 Å². The van der Waals surface area contributed by atoms with Gasteiger partial charge in [0, 0.05) is 33.9 Å². The Morgan fingerprint density at radius 1 is 0.730 bits per heavy atom. The lowest BCUT2D eigenvalue weighted by Crippen LogP contribution is -2.54. The van der Waals surface area contributed by atoms with Crippen molar-refractivity contribution in [2.24, 2.45) is 0 Å². The Balaban J connectivity index is 5.42. The van der Waals surface area contributed by atoms with Gasteiger partial charge >= 0.3 is 14.8 Å². The van der Waals surface area contributed by atoms with Crippen molar-refractivity contribution in [3.63, 3.8) is 0 Å². The number of aliphatic carboxylic acids is 1. The van der Waals surface area contributed by atoms with Crippen molar-refractivity contribution >= 4 is 23.1 Å². The van der Waals surface area contributed by atoms with Crippen molar-refractivity contribution in [1.29, 1.82) is 0 Å². The molecule has 0 heterocycles. The van der Waals surface area contributed by atoms with Crippen molar-refractivity contribution in [3.8, 4) is 0 Å². The molecule has 0 aliphatic carbocycles. The van der Waals surface area contributed by atoms with E-state index in [4.69, 9.17) is 17.7 Å². The van der Waals surface area contributed by atoms with Gasteiger partial charge < -0.3 is 27.7 Å². The highest BCUT2D eigenvalue weighted by atomic mass is 28.4. The normalized spacial score (nSPS) is 13.9. The number of carboxylic acid groups (broad SMARTS) is 1. The molecule has 0 aliphatic heterocycles. The molecule has 0 saturated carbocycles. The van der Waals surface area contributed by atoms with Gasteiger partial charge in [0.2, 0.25) is 8.32 Å². The Labute approximate surface area is 231 Å². The summed E-state index contributed by atoms with van der Waals surface area (Å²) in [7, 11) is -0.0600. The van der Waals surface area contributed by atoms with Gasteiger partial charge in [0.05, 0.1) is 0 Å². The van der Waals surface area contributed by atoms with Gasteiger partial charge in [-0.3, -0.25) is 0 Å². The molecule has 1 N–H and O–H groups in total. The fraction of sp³-hybridized carbons (Fsp3) is 0.964. The third kappa shape index (κ3) is 12.6. The third-order valence-corrected chi connectivity index (χ3v) is 16.9. The van der Waals surface area contributed by atoms with Crippen molar-refractivity contribution in [2.45, 2.75) is 135 Å². The van der Waals surface area contributed by atoms with Gasteiger partial charge in [0.1, 0.15) is 0 Å². The Kier molecular flexibility index (Phi) is 19.6. The van der Waals surface area contributed by atoms with Gasteiger partial charge in [0.15, 0.2) is 6.10 Å². The molecule has 7 nitrogen and oxygen atoms in total. The lowest BCUT2D eigenvalue weighted by Gasteiger charge is -2.44. The Morgan fingerprint density at radius 3 is 1.57 bits per heavy atom. The van der Waals surface area contributed by atoms with Crippen LogP contribution >= 0.6 is 0 Å². The SMILES string of the molecule is CCCCCCCCCCN(CCC[Si](OC)(OC)OC)CC(O[Si](C(C)C)(C(C)C)C(C)C)C(=O)O. The molecule has 222 valence electrons. The summed E-state index contributed by atoms with van der Waals surface area (Å²) < 4.78 is 23.5. The molecular formula is C28H61NO6Si2. The van der Waals surface area contributed by atoms with Gasteiger partial charge in [-0.1, -0.05) is 93.4 Å². The first-order chi connectivity index (χ1) is 17.5. The Bertz CT molecular complexity index is 557. The predicted molar refractivity (Wildman–Crippen MR) is 159 cm³/mol. The van der Waals surface area contributed by atoms with Gasteiger partial charge in [0.25, 0.3) is 0 Å². The number of carboxylic acids is 1. The van der Waals surface area contributed by atoms with Gasteiger partial charge in [-0.05, 0) is 42.6 Å². The van der Waals surface area contributed by atoms with Crippen LogP contribution < -0.4 is 0 Å². The van der Waals surface area contributed by atoms with Crippen LogP contribution in [0.3, 0.4) is 0 Å². The molecule has 0 aliphatic rings. The molecule has 1 atom stereocenters. The first kappa shape index (κ1) is 36.7. The molecule has 0 aromatic carbocycles. The van der Waals surface area contributed by atoms with Crippen LogP contribution in [0.25, 0.3) is 0 Å². The van der Waals surface area contributed by atoms with E-state index in [0.717, 1.165) is 25.9 Å². The van der Waals surface area contributed by atoms with E-state index in [-0.39, 0.29) is 0 Å². The van der Waals surface area contributed by atoms with Crippen LogP contribution in [0, 0.1) is 0 Å². The molecule has 9 heteroatoms. The number of carbonyl (C=O) groups is 1. The van der Waals surface area contributed by atoms with E-state index in [1.165, 1.54) is 44.9 Å². The fourth-order valence-corrected chi connectivity index (χ4v) is 13.1. The van der Waals surface area contributed by atoms with E-state index in [9.17, 15) is 9.90 Å². The standard InChI is InChI=1S/C28H61NO6Si2/c1-11-12-13-14-15-16-17-18-20-29(21-19-22-36(32-8,33-9)34-10)23-27(28(30)31)35-37(24(2)3,25(4)5)26(6)7/h24-27H,11-23H2,1-10H3,(H,30,31). The number of nitrogens with zero attached hydrogens (tertiary/aromatic N) is 1. The molecule has 0 aromatic heterocycles. The highest BCUT2D eigenvalue weighted by Gasteiger charge is 2.48. The van der Waals surface area contributed by atoms with E-state index in [1.807, 2.05) is 0 Å². The molecule has 0 saturated heterocycles. The molecule has 37 heavy (non-hydrogen) atoms. The molecular weight excluding hydrogens is 502 g/mol. The second-order valence-corrected chi connectivity index (χ2v) is 19.9. The summed E-state index contributed by atoms with van der Waals surface area (Å²) in [5.74, 6) is -0.853. The van der Waals surface area contributed by atoms with Crippen LogP contribution in [-0.2, 0) is 22.5 Å². The minimum atomic E-state index is -2.66. The first-order valence-corrected chi connectivity index (χ1v) is 18.8. The second kappa shape index (κ2) is 19.7. The van der Waals surface area contributed by atoms with E-state index in [2.05, 4.69) is 53.4 Å². The monoisotopic (exact) mass is 563 g/mol. The lowest BCUT2D eigenvalue weighted by atomic mass is 10.1. The minimum Gasteiger partial charge on any atom is -0.479 e. The summed E-state index contributed by atoms with van der Waals surface area (Å²) in [4.78, 5) is 14.8. The number of hydrogen-bond donors (Lipinski definition) is 1. The third-order valence-electron chi connectivity index (χ3n) is 7.97. The Hall–Kier alpha value is -0.296. The van der Waals surface area contributed by atoms with E-state index in [1.54, 1.807) is 21.3 Å². The van der Waals surface area contributed by atoms with Crippen molar-refractivity contribution in [1.82, 2.24) is 4.90 Å². The van der Waals surface area contributed by atoms with Crippen LogP contribution in [0.15, 0.2) is 0 Å². The van der Waals surface area contributed by atoms with Crippen molar-refractivity contribution in [3.05, 3.63) is 0 Å². The molecule has 0 rings (SSSR count). The second-order valence-electron chi connectivity index (χ2n) is 11.4. The topological polar surface area (TPSA) is 77.5 Å². The van der Waals surface area contributed by atoms with Crippen LogP contribution in [-0.4, -0.2) is 80.2 Å². The molecule has 0 bridgehead atoms. The lowest BCUT2D eigenvalue weighted by molar-refractivity contribution is -0.146. The number of hydrogen-bond acceptors (Lipinski definition) is 6.